The fourth-order valence-electron chi connectivity index (χ4n) is 0.939. The maximum atomic E-state index is 9.54. The third kappa shape index (κ3) is 4.61. The highest BCUT2D eigenvalue weighted by atomic mass is 16.3. The predicted octanol–water partition coefficient (Wildman–Crippen LogP) is 3.70. The van der Waals surface area contributed by atoms with Crippen molar-refractivity contribution in [1.29, 1.82) is 0 Å². The van der Waals surface area contributed by atoms with Gasteiger partial charge in [-0.25, -0.2) is 0 Å². The lowest BCUT2D eigenvalue weighted by molar-refractivity contribution is 0.206. The Morgan fingerprint density at radius 3 is 2.07 bits per heavy atom. The lowest BCUT2D eigenvalue weighted by Gasteiger charge is -2.19. The minimum atomic E-state index is -0.293. The van der Waals surface area contributed by atoms with E-state index in [1.807, 2.05) is 19.9 Å². The zero-order valence-electron chi connectivity index (χ0n) is 10.4. The van der Waals surface area contributed by atoms with Crippen molar-refractivity contribution in [2.45, 2.75) is 54.1 Å². The van der Waals surface area contributed by atoms with Crippen molar-refractivity contribution in [2.24, 2.45) is 5.41 Å². The van der Waals surface area contributed by atoms with Crippen LogP contribution in [0.4, 0.5) is 0 Å². The fourth-order valence-corrected chi connectivity index (χ4v) is 0.939. The Morgan fingerprint density at radius 1 is 1.21 bits per heavy atom. The molecule has 1 N–H and O–H groups in total. The predicted molar refractivity (Wildman–Crippen MR) is 63.3 cm³/mol. The summed E-state index contributed by atoms with van der Waals surface area (Å²) >= 11 is 0. The molecule has 0 aliphatic heterocycles. The van der Waals surface area contributed by atoms with Gasteiger partial charge in [-0.15, -0.1) is 0 Å². The van der Waals surface area contributed by atoms with Gasteiger partial charge in [-0.2, -0.15) is 0 Å². The van der Waals surface area contributed by atoms with Gasteiger partial charge in [0.25, 0.3) is 0 Å². The number of hydrogen-bond acceptors (Lipinski definition) is 1. The van der Waals surface area contributed by atoms with Crippen molar-refractivity contribution >= 4 is 0 Å². The standard InChI is InChI=1S/C13H24O/c1-7-12(14)10(2)8-9-11(3)13(4,5)6/h8-9,12,14H,7H2,1-6H3/b10-8+,11-9+. The summed E-state index contributed by atoms with van der Waals surface area (Å²) in [5, 5.41) is 9.54. The Morgan fingerprint density at radius 2 is 1.71 bits per heavy atom. The molecule has 82 valence electrons. The summed E-state index contributed by atoms with van der Waals surface area (Å²) in [6.07, 6.45) is 4.62. The Labute approximate surface area is 88.5 Å². The molecular formula is C13H24O. The molecule has 0 heterocycles. The van der Waals surface area contributed by atoms with Gasteiger partial charge in [0.05, 0.1) is 6.10 Å². The van der Waals surface area contributed by atoms with E-state index in [1.54, 1.807) is 0 Å². The van der Waals surface area contributed by atoms with Gasteiger partial charge >= 0.3 is 0 Å². The van der Waals surface area contributed by atoms with Crippen LogP contribution in [-0.4, -0.2) is 11.2 Å². The zero-order chi connectivity index (χ0) is 11.4. The average molecular weight is 196 g/mol. The Bertz CT molecular complexity index is 228. The van der Waals surface area contributed by atoms with Crippen LogP contribution in [0.2, 0.25) is 0 Å². The summed E-state index contributed by atoms with van der Waals surface area (Å²) in [7, 11) is 0. The molecule has 0 saturated carbocycles. The Kier molecular flexibility index (Phi) is 5.14. The largest absolute Gasteiger partial charge is 0.389 e. The first-order valence-electron chi connectivity index (χ1n) is 5.32. The first-order chi connectivity index (χ1) is 6.29. The van der Waals surface area contributed by atoms with Crippen LogP contribution >= 0.6 is 0 Å². The van der Waals surface area contributed by atoms with Crippen LogP contribution in [-0.2, 0) is 0 Å². The maximum absolute atomic E-state index is 9.54. The smallest absolute Gasteiger partial charge is 0.0747 e. The van der Waals surface area contributed by atoms with Gasteiger partial charge < -0.3 is 5.11 Å². The van der Waals surface area contributed by atoms with E-state index < -0.39 is 0 Å². The minimum absolute atomic E-state index is 0.216. The Hall–Kier alpha value is -0.560. The molecule has 14 heavy (non-hydrogen) atoms. The van der Waals surface area contributed by atoms with Crippen LogP contribution in [0.15, 0.2) is 23.3 Å². The summed E-state index contributed by atoms with van der Waals surface area (Å²) in [5.41, 5.74) is 2.59. The lowest BCUT2D eigenvalue weighted by Crippen LogP contribution is -2.07. The van der Waals surface area contributed by atoms with Crippen LogP contribution < -0.4 is 0 Å². The summed E-state index contributed by atoms with van der Waals surface area (Å²) in [5.74, 6) is 0. The van der Waals surface area contributed by atoms with Crippen molar-refractivity contribution in [2.75, 3.05) is 0 Å². The molecule has 0 spiro atoms. The second-order valence-electron chi connectivity index (χ2n) is 4.93. The summed E-state index contributed by atoms with van der Waals surface area (Å²) in [6.45, 7) is 12.7. The fraction of sp³-hybridized carbons (Fsp3) is 0.692. The maximum Gasteiger partial charge on any atom is 0.0747 e. The third-order valence-corrected chi connectivity index (χ3v) is 2.69. The molecule has 1 heteroatoms. The van der Waals surface area contributed by atoms with Crippen LogP contribution in [0.25, 0.3) is 0 Å². The molecule has 0 aliphatic carbocycles. The first kappa shape index (κ1) is 13.4. The molecule has 0 amide bonds. The molecular weight excluding hydrogens is 172 g/mol. The van der Waals surface area contributed by atoms with Crippen molar-refractivity contribution in [1.82, 2.24) is 0 Å². The molecule has 0 fully saturated rings. The van der Waals surface area contributed by atoms with E-state index in [0.29, 0.717) is 0 Å². The number of rotatable bonds is 3. The number of aliphatic hydroxyl groups excluding tert-OH is 1. The van der Waals surface area contributed by atoms with E-state index in [0.717, 1.165) is 12.0 Å². The van der Waals surface area contributed by atoms with Gasteiger partial charge in [-0.1, -0.05) is 45.4 Å². The van der Waals surface area contributed by atoms with Crippen LogP contribution in [0, 0.1) is 5.41 Å². The normalized spacial score (nSPS) is 17.1. The van der Waals surface area contributed by atoms with Crippen molar-refractivity contribution in [3.05, 3.63) is 23.3 Å². The zero-order valence-corrected chi connectivity index (χ0v) is 10.4. The minimum Gasteiger partial charge on any atom is -0.389 e. The second-order valence-corrected chi connectivity index (χ2v) is 4.93. The van der Waals surface area contributed by atoms with Crippen molar-refractivity contribution in [3.63, 3.8) is 0 Å². The van der Waals surface area contributed by atoms with Gasteiger partial charge in [0.1, 0.15) is 0 Å². The molecule has 0 rings (SSSR count). The van der Waals surface area contributed by atoms with E-state index in [9.17, 15) is 5.11 Å². The second kappa shape index (κ2) is 5.35. The summed E-state index contributed by atoms with van der Waals surface area (Å²) < 4.78 is 0. The van der Waals surface area contributed by atoms with E-state index in [2.05, 4.69) is 33.8 Å². The summed E-state index contributed by atoms with van der Waals surface area (Å²) in [4.78, 5) is 0. The van der Waals surface area contributed by atoms with E-state index >= 15 is 0 Å². The number of hydrogen-bond donors (Lipinski definition) is 1. The van der Waals surface area contributed by atoms with Gasteiger partial charge in [0, 0.05) is 0 Å². The molecule has 0 saturated heterocycles. The molecule has 0 aromatic rings. The highest BCUT2D eigenvalue weighted by molar-refractivity contribution is 5.20. The molecule has 0 radical (unpaired) electrons. The third-order valence-electron chi connectivity index (χ3n) is 2.69. The Balaban J connectivity index is 4.55. The van der Waals surface area contributed by atoms with Crippen LogP contribution in [0.5, 0.6) is 0 Å². The first-order valence-corrected chi connectivity index (χ1v) is 5.32. The molecule has 0 aromatic heterocycles. The highest BCUT2D eigenvalue weighted by Crippen LogP contribution is 2.24. The molecule has 1 unspecified atom stereocenters. The molecule has 0 aliphatic rings. The monoisotopic (exact) mass is 196 g/mol. The van der Waals surface area contributed by atoms with E-state index in [1.165, 1.54) is 5.57 Å². The van der Waals surface area contributed by atoms with Gasteiger partial charge in [0.2, 0.25) is 0 Å². The SMILES string of the molecule is CCC(O)/C(C)=C/C=C(\C)C(C)(C)C. The topological polar surface area (TPSA) is 20.2 Å². The quantitative estimate of drug-likeness (QED) is 0.682. The van der Waals surface area contributed by atoms with Gasteiger partial charge in [-0.3, -0.25) is 0 Å². The van der Waals surface area contributed by atoms with Crippen molar-refractivity contribution in [3.8, 4) is 0 Å². The highest BCUT2D eigenvalue weighted by Gasteiger charge is 2.11. The van der Waals surface area contributed by atoms with E-state index in [4.69, 9.17) is 0 Å². The molecule has 0 aromatic carbocycles. The van der Waals surface area contributed by atoms with Gasteiger partial charge in [0.15, 0.2) is 0 Å². The molecule has 0 bridgehead atoms. The number of allylic oxidation sites excluding steroid dienone is 3. The summed E-state index contributed by atoms with van der Waals surface area (Å²) in [6, 6.07) is 0. The van der Waals surface area contributed by atoms with Crippen LogP contribution in [0.3, 0.4) is 0 Å². The van der Waals surface area contributed by atoms with E-state index in [-0.39, 0.29) is 11.5 Å². The van der Waals surface area contributed by atoms with Crippen molar-refractivity contribution < 1.29 is 5.11 Å². The average Bonchev–Trinajstić information content (AvgIpc) is 2.10. The molecule has 1 atom stereocenters. The number of aliphatic hydroxyl groups is 1. The van der Waals surface area contributed by atoms with Gasteiger partial charge in [-0.05, 0) is 31.3 Å². The lowest BCUT2D eigenvalue weighted by atomic mass is 9.87. The molecule has 1 nitrogen and oxygen atoms in total. The van der Waals surface area contributed by atoms with Crippen LogP contribution in [0.1, 0.15) is 48.0 Å².